The second-order valence-electron chi connectivity index (χ2n) is 4.79. The van der Waals surface area contributed by atoms with E-state index < -0.39 is 10.0 Å². The van der Waals surface area contributed by atoms with Crippen molar-refractivity contribution in [3.8, 4) is 0 Å². The topological polar surface area (TPSA) is 76.3 Å². The van der Waals surface area contributed by atoms with Crippen molar-refractivity contribution in [2.45, 2.75) is 36.6 Å². The van der Waals surface area contributed by atoms with Gasteiger partial charge in [-0.2, -0.15) is 4.31 Å². The van der Waals surface area contributed by atoms with Crippen molar-refractivity contribution in [2.24, 2.45) is 5.73 Å². The molecule has 1 aromatic rings. The Morgan fingerprint density at radius 3 is 2.65 bits per heavy atom. The van der Waals surface area contributed by atoms with Crippen LogP contribution >= 0.6 is 28.1 Å². The smallest absolute Gasteiger partial charge is 0.245 e. The van der Waals surface area contributed by atoms with Gasteiger partial charge < -0.3 is 5.73 Å². The molecule has 0 aliphatic heterocycles. The first-order valence-corrected chi connectivity index (χ1v) is 8.96. The first-order chi connectivity index (χ1) is 9.41. The van der Waals surface area contributed by atoms with E-state index in [1.54, 1.807) is 12.3 Å². The van der Waals surface area contributed by atoms with E-state index in [2.05, 4.69) is 20.9 Å². The van der Waals surface area contributed by atoms with E-state index in [1.807, 2.05) is 0 Å². The zero-order valence-electron chi connectivity index (χ0n) is 10.8. The van der Waals surface area contributed by atoms with Crippen molar-refractivity contribution >= 4 is 43.2 Å². The van der Waals surface area contributed by atoms with Gasteiger partial charge in [-0.25, -0.2) is 8.42 Å². The van der Waals surface area contributed by atoms with Gasteiger partial charge in [0, 0.05) is 22.9 Å². The molecular weight excluding hydrogens is 362 g/mol. The predicted octanol–water partition coefficient (Wildman–Crippen LogP) is 2.06. The molecule has 0 atom stereocenters. The summed E-state index contributed by atoms with van der Waals surface area (Å²) in [5.41, 5.74) is 5.57. The minimum absolute atomic E-state index is 0.0273. The zero-order chi connectivity index (χ0) is 14.8. The van der Waals surface area contributed by atoms with Gasteiger partial charge in [0.15, 0.2) is 0 Å². The van der Waals surface area contributed by atoms with Gasteiger partial charge in [0.05, 0.1) is 11.5 Å². The van der Waals surface area contributed by atoms with Crippen LogP contribution in [0, 0.1) is 0 Å². The molecule has 0 amide bonds. The minimum atomic E-state index is -3.63. The number of rotatable bonds is 5. The van der Waals surface area contributed by atoms with Crippen LogP contribution in [0.4, 0.5) is 0 Å². The van der Waals surface area contributed by atoms with Gasteiger partial charge in [-0.1, -0.05) is 25.1 Å². The molecule has 1 aromatic heterocycles. The summed E-state index contributed by atoms with van der Waals surface area (Å²) in [6.45, 7) is 0.0782. The number of pyridine rings is 1. The number of hydrogen-bond donors (Lipinski definition) is 1. The highest BCUT2D eigenvalue weighted by atomic mass is 79.9. The molecule has 1 heterocycles. The predicted molar refractivity (Wildman–Crippen MR) is 84.9 cm³/mol. The molecule has 1 aliphatic carbocycles. The lowest BCUT2D eigenvalue weighted by Crippen LogP contribution is -2.43. The van der Waals surface area contributed by atoms with Crippen LogP contribution < -0.4 is 5.73 Å². The van der Waals surface area contributed by atoms with Crippen molar-refractivity contribution in [1.82, 2.24) is 9.29 Å². The lowest BCUT2D eigenvalue weighted by atomic mass is 10.2. The molecule has 20 heavy (non-hydrogen) atoms. The second-order valence-corrected chi connectivity index (χ2v) is 8.12. The Morgan fingerprint density at radius 1 is 1.45 bits per heavy atom. The van der Waals surface area contributed by atoms with Crippen molar-refractivity contribution in [2.75, 3.05) is 6.54 Å². The number of thiocarbonyl (C=S) groups is 1. The molecule has 8 heteroatoms. The Morgan fingerprint density at radius 2 is 2.10 bits per heavy atom. The maximum Gasteiger partial charge on any atom is 0.245 e. The van der Waals surface area contributed by atoms with Gasteiger partial charge in [-0.15, -0.1) is 0 Å². The van der Waals surface area contributed by atoms with Gasteiger partial charge in [0.25, 0.3) is 0 Å². The molecule has 1 aliphatic rings. The standard InChI is InChI=1S/C12H16BrN3O2S2/c13-9-5-11(7-15-6-9)20(17,18)16(8-12(14)19)10-3-1-2-4-10/h5-7,10H,1-4,8H2,(H2,14,19). The van der Waals surface area contributed by atoms with E-state index in [0.717, 1.165) is 25.7 Å². The Kier molecular flexibility index (Phi) is 5.11. The average Bonchev–Trinajstić information content (AvgIpc) is 2.89. The molecule has 5 nitrogen and oxygen atoms in total. The van der Waals surface area contributed by atoms with Crippen LogP contribution in [0.15, 0.2) is 27.8 Å². The number of nitrogens with zero attached hydrogens (tertiary/aromatic N) is 2. The Labute approximate surface area is 132 Å². The molecule has 0 spiro atoms. The van der Waals surface area contributed by atoms with E-state index in [9.17, 15) is 8.42 Å². The largest absolute Gasteiger partial charge is 0.392 e. The third-order valence-electron chi connectivity index (χ3n) is 3.33. The molecule has 0 saturated heterocycles. The molecule has 2 rings (SSSR count). The summed E-state index contributed by atoms with van der Waals surface area (Å²) < 4.78 is 27.6. The number of nitrogens with two attached hydrogens (primary N) is 1. The molecule has 1 saturated carbocycles. The lowest BCUT2D eigenvalue weighted by Gasteiger charge is -2.27. The first kappa shape index (κ1) is 15.8. The highest BCUT2D eigenvalue weighted by Gasteiger charge is 2.33. The van der Waals surface area contributed by atoms with Gasteiger partial charge in [-0.05, 0) is 34.8 Å². The van der Waals surface area contributed by atoms with Crippen LogP contribution in [0.5, 0.6) is 0 Å². The van der Waals surface area contributed by atoms with Crippen molar-refractivity contribution in [3.05, 3.63) is 22.9 Å². The Balaban J connectivity index is 2.37. The quantitative estimate of drug-likeness (QED) is 0.794. The fraction of sp³-hybridized carbons (Fsp3) is 0.500. The van der Waals surface area contributed by atoms with Crippen molar-refractivity contribution < 1.29 is 8.42 Å². The summed E-state index contributed by atoms with van der Waals surface area (Å²) >= 11 is 8.14. The summed E-state index contributed by atoms with van der Waals surface area (Å²) in [5, 5.41) is 0. The van der Waals surface area contributed by atoms with Gasteiger partial charge >= 0.3 is 0 Å². The lowest BCUT2D eigenvalue weighted by molar-refractivity contribution is 0.355. The maximum absolute atomic E-state index is 12.8. The monoisotopic (exact) mass is 377 g/mol. The molecule has 2 N–H and O–H groups in total. The van der Waals surface area contributed by atoms with E-state index >= 15 is 0 Å². The van der Waals surface area contributed by atoms with Crippen LogP contribution in [-0.4, -0.2) is 35.3 Å². The highest BCUT2D eigenvalue weighted by Crippen LogP contribution is 2.29. The second kappa shape index (κ2) is 6.46. The van der Waals surface area contributed by atoms with E-state index in [1.165, 1.54) is 10.5 Å². The summed E-state index contributed by atoms with van der Waals surface area (Å²) in [5.74, 6) is 0. The molecule has 0 unspecified atom stereocenters. The molecule has 0 radical (unpaired) electrons. The van der Waals surface area contributed by atoms with E-state index in [-0.39, 0.29) is 22.5 Å². The zero-order valence-corrected chi connectivity index (χ0v) is 14.0. The summed E-state index contributed by atoms with van der Waals surface area (Å²) in [4.78, 5) is 4.27. The van der Waals surface area contributed by atoms with Crippen LogP contribution in [0.3, 0.4) is 0 Å². The third-order valence-corrected chi connectivity index (χ3v) is 5.76. The van der Waals surface area contributed by atoms with Gasteiger partial charge in [0.1, 0.15) is 4.90 Å². The molecule has 0 bridgehead atoms. The number of sulfonamides is 1. The normalized spacial score (nSPS) is 16.7. The number of aromatic nitrogens is 1. The molecule has 110 valence electrons. The first-order valence-electron chi connectivity index (χ1n) is 6.32. The Hall–Kier alpha value is -0.570. The number of halogens is 1. The Bertz CT molecular complexity index is 600. The van der Waals surface area contributed by atoms with Crippen LogP contribution in [-0.2, 0) is 10.0 Å². The van der Waals surface area contributed by atoms with E-state index in [0.29, 0.717) is 4.47 Å². The molecular formula is C12H16BrN3O2S2. The SMILES string of the molecule is NC(=S)CN(C1CCCC1)S(=O)(=O)c1cncc(Br)c1. The maximum atomic E-state index is 12.8. The minimum Gasteiger partial charge on any atom is -0.392 e. The van der Waals surface area contributed by atoms with Crippen molar-refractivity contribution in [3.63, 3.8) is 0 Å². The highest BCUT2D eigenvalue weighted by molar-refractivity contribution is 9.10. The van der Waals surface area contributed by atoms with Gasteiger partial charge in [0.2, 0.25) is 10.0 Å². The van der Waals surface area contributed by atoms with Crippen LogP contribution in [0.2, 0.25) is 0 Å². The fourth-order valence-electron chi connectivity index (χ4n) is 2.43. The molecule has 0 aromatic carbocycles. The summed E-state index contributed by atoms with van der Waals surface area (Å²) in [6.07, 6.45) is 6.66. The van der Waals surface area contributed by atoms with Crippen LogP contribution in [0.25, 0.3) is 0 Å². The fourth-order valence-corrected chi connectivity index (χ4v) is 4.82. The van der Waals surface area contributed by atoms with E-state index in [4.69, 9.17) is 18.0 Å². The average molecular weight is 378 g/mol. The number of hydrogen-bond acceptors (Lipinski definition) is 4. The van der Waals surface area contributed by atoms with Crippen LogP contribution in [0.1, 0.15) is 25.7 Å². The summed E-state index contributed by atoms with van der Waals surface area (Å²) in [7, 11) is -3.63. The molecule has 1 fully saturated rings. The third kappa shape index (κ3) is 3.55. The summed E-state index contributed by atoms with van der Waals surface area (Å²) in [6, 6.07) is 1.52. The van der Waals surface area contributed by atoms with Crippen molar-refractivity contribution in [1.29, 1.82) is 0 Å². The van der Waals surface area contributed by atoms with Gasteiger partial charge in [-0.3, -0.25) is 4.98 Å².